The Balaban J connectivity index is 1.34. The summed E-state index contributed by atoms with van der Waals surface area (Å²) in [4.78, 5) is 0. The van der Waals surface area contributed by atoms with Crippen molar-refractivity contribution in [3.05, 3.63) is 35.9 Å². The quantitative estimate of drug-likeness (QED) is 0.827. The van der Waals surface area contributed by atoms with E-state index in [1.165, 1.54) is 51.4 Å². The molecule has 0 unspecified atom stereocenters. The van der Waals surface area contributed by atoms with Crippen molar-refractivity contribution in [2.45, 2.75) is 63.3 Å². The summed E-state index contributed by atoms with van der Waals surface area (Å²) in [6.07, 6.45) is 11.1. The topological polar surface area (TPSA) is 26.0 Å². The fourth-order valence-electron chi connectivity index (χ4n) is 3.82. The molecule has 2 aliphatic carbocycles. The summed E-state index contributed by atoms with van der Waals surface area (Å²) in [5.41, 5.74) is 7.53. The average Bonchev–Trinajstić information content (AvgIpc) is 3.22. The van der Waals surface area contributed by atoms with Crippen LogP contribution in [0.25, 0.3) is 0 Å². The van der Waals surface area contributed by atoms with Crippen molar-refractivity contribution < 1.29 is 0 Å². The van der Waals surface area contributed by atoms with Gasteiger partial charge in [0.2, 0.25) is 0 Å². The van der Waals surface area contributed by atoms with E-state index >= 15 is 0 Å². The summed E-state index contributed by atoms with van der Waals surface area (Å²) < 4.78 is 0. The standard InChI is InChI=1S/C18H27N/c19-17-11-9-14(10-12-17)5-4-8-16-13-18(16)15-6-2-1-3-7-15/h1-3,6-7,14,16-18H,4-5,8-13,19H2/t14?,16-,17?,18+/m0/s1. The van der Waals surface area contributed by atoms with Crippen molar-refractivity contribution in [2.24, 2.45) is 17.6 Å². The average molecular weight is 257 g/mol. The monoisotopic (exact) mass is 257 g/mol. The molecular formula is C18H27N. The predicted octanol–water partition coefficient (Wildman–Crippen LogP) is 4.48. The van der Waals surface area contributed by atoms with Gasteiger partial charge in [0.1, 0.15) is 0 Å². The zero-order valence-corrected chi connectivity index (χ0v) is 11.9. The highest BCUT2D eigenvalue weighted by Crippen LogP contribution is 2.50. The molecule has 104 valence electrons. The van der Waals surface area contributed by atoms with Gasteiger partial charge in [0, 0.05) is 6.04 Å². The third-order valence-electron chi connectivity index (χ3n) is 5.23. The van der Waals surface area contributed by atoms with Crippen LogP contribution < -0.4 is 5.73 Å². The van der Waals surface area contributed by atoms with E-state index in [9.17, 15) is 0 Å². The molecular weight excluding hydrogens is 230 g/mol. The van der Waals surface area contributed by atoms with Gasteiger partial charge in [0.25, 0.3) is 0 Å². The van der Waals surface area contributed by atoms with Gasteiger partial charge in [0.05, 0.1) is 0 Å². The van der Waals surface area contributed by atoms with E-state index in [1.807, 2.05) is 0 Å². The molecule has 0 bridgehead atoms. The smallest absolute Gasteiger partial charge is 0.00390 e. The number of nitrogens with two attached hydrogens (primary N) is 1. The van der Waals surface area contributed by atoms with Crippen molar-refractivity contribution in [2.75, 3.05) is 0 Å². The second kappa shape index (κ2) is 6.09. The molecule has 2 aliphatic rings. The first-order valence-electron chi connectivity index (χ1n) is 8.13. The van der Waals surface area contributed by atoms with E-state index in [2.05, 4.69) is 30.3 Å². The summed E-state index contributed by atoms with van der Waals surface area (Å²) in [6.45, 7) is 0. The van der Waals surface area contributed by atoms with Crippen LogP contribution in [-0.4, -0.2) is 6.04 Å². The van der Waals surface area contributed by atoms with Gasteiger partial charge in [-0.1, -0.05) is 43.2 Å². The molecule has 19 heavy (non-hydrogen) atoms. The van der Waals surface area contributed by atoms with Crippen LogP contribution >= 0.6 is 0 Å². The van der Waals surface area contributed by atoms with Crippen LogP contribution in [0.1, 0.15) is 62.8 Å². The molecule has 0 spiro atoms. The van der Waals surface area contributed by atoms with Crippen LogP contribution in [0.3, 0.4) is 0 Å². The summed E-state index contributed by atoms with van der Waals surface area (Å²) in [7, 11) is 0. The molecule has 0 aromatic heterocycles. The molecule has 1 nitrogen and oxygen atoms in total. The molecule has 0 aliphatic heterocycles. The summed E-state index contributed by atoms with van der Waals surface area (Å²) in [5.74, 6) is 2.84. The normalized spacial score (nSPS) is 34.2. The van der Waals surface area contributed by atoms with E-state index in [-0.39, 0.29) is 0 Å². The number of hydrogen-bond donors (Lipinski definition) is 1. The van der Waals surface area contributed by atoms with Gasteiger partial charge in [-0.05, 0) is 61.8 Å². The minimum atomic E-state index is 0.502. The highest BCUT2D eigenvalue weighted by molar-refractivity contribution is 5.25. The zero-order valence-electron chi connectivity index (χ0n) is 11.9. The minimum Gasteiger partial charge on any atom is -0.328 e. The first-order chi connectivity index (χ1) is 9.33. The lowest BCUT2D eigenvalue weighted by Crippen LogP contribution is -2.26. The molecule has 2 atom stereocenters. The van der Waals surface area contributed by atoms with Crippen molar-refractivity contribution in [1.82, 2.24) is 0 Å². The Labute approximate surface area is 117 Å². The van der Waals surface area contributed by atoms with Crippen LogP contribution in [0.15, 0.2) is 30.3 Å². The summed E-state index contributed by atoms with van der Waals surface area (Å²) in [6, 6.07) is 11.6. The van der Waals surface area contributed by atoms with Gasteiger partial charge >= 0.3 is 0 Å². The molecule has 3 rings (SSSR count). The number of benzene rings is 1. The molecule has 1 heteroatoms. The molecule has 2 N–H and O–H groups in total. The van der Waals surface area contributed by atoms with Crippen LogP contribution in [-0.2, 0) is 0 Å². The minimum absolute atomic E-state index is 0.502. The molecule has 1 aromatic rings. The fourth-order valence-corrected chi connectivity index (χ4v) is 3.82. The van der Waals surface area contributed by atoms with Crippen LogP contribution in [0.4, 0.5) is 0 Å². The van der Waals surface area contributed by atoms with E-state index in [0.29, 0.717) is 6.04 Å². The van der Waals surface area contributed by atoms with E-state index < -0.39 is 0 Å². The van der Waals surface area contributed by atoms with Gasteiger partial charge in [-0.15, -0.1) is 0 Å². The molecule has 0 amide bonds. The third-order valence-corrected chi connectivity index (χ3v) is 5.23. The van der Waals surface area contributed by atoms with Crippen LogP contribution in [0, 0.1) is 11.8 Å². The SMILES string of the molecule is NC1CCC(CCC[C@H]2C[C@@H]2c2ccccc2)CC1. The highest BCUT2D eigenvalue weighted by atomic mass is 14.6. The van der Waals surface area contributed by atoms with Crippen LogP contribution in [0.2, 0.25) is 0 Å². The maximum Gasteiger partial charge on any atom is 0.00390 e. The Morgan fingerprint density at radius 1 is 0.947 bits per heavy atom. The lowest BCUT2D eigenvalue weighted by Gasteiger charge is -2.25. The third kappa shape index (κ3) is 3.60. The van der Waals surface area contributed by atoms with Crippen LogP contribution in [0.5, 0.6) is 0 Å². The zero-order chi connectivity index (χ0) is 13.1. The lowest BCUT2D eigenvalue weighted by atomic mass is 9.83. The maximum atomic E-state index is 5.97. The number of hydrogen-bond acceptors (Lipinski definition) is 1. The van der Waals surface area contributed by atoms with Crippen molar-refractivity contribution in [3.8, 4) is 0 Å². The second-order valence-corrected chi connectivity index (χ2v) is 6.72. The molecule has 2 saturated carbocycles. The Kier molecular flexibility index (Phi) is 4.22. The predicted molar refractivity (Wildman–Crippen MR) is 81.1 cm³/mol. The van der Waals surface area contributed by atoms with Gasteiger partial charge in [0.15, 0.2) is 0 Å². The fraction of sp³-hybridized carbons (Fsp3) is 0.667. The van der Waals surface area contributed by atoms with Gasteiger partial charge in [-0.3, -0.25) is 0 Å². The Morgan fingerprint density at radius 2 is 1.68 bits per heavy atom. The second-order valence-electron chi connectivity index (χ2n) is 6.72. The van der Waals surface area contributed by atoms with Crippen molar-refractivity contribution in [3.63, 3.8) is 0 Å². The number of rotatable bonds is 5. The van der Waals surface area contributed by atoms with E-state index in [0.717, 1.165) is 17.8 Å². The Bertz CT molecular complexity index is 378. The summed E-state index contributed by atoms with van der Waals surface area (Å²) >= 11 is 0. The molecule has 1 aromatic carbocycles. The Morgan fingerprint density at radius 3 is 2.42 bits per heavy atom. The summed E-state index contributed by atoms with van der Waals surface area (Å²) in [5, 5.41) is 0. The first-order valence-corrected chi connectivity index (χ1v) is 8.13. The van der Waals surface area contributed by atoms with Crippen molar-refractivity contribution >= 4 is 0 Å². The largest absolute Gasteiger partial charge is 0.328 e. The Hall–Kier alpha value is -0.820. The maximum absolute atomic E-state index is 5.97. The van der Waals surface area contributed by atoms with E-state index in [4.69, 9.17) is 5.73 Å². The first kappa shape index (κ1) is 13.2. The molecule has 0 radical (unpaired) electrons. The molecule has 2 fully saturated rings. The highest BCUT2D eigenvalue weighted by Gasteiger charge is 2.37. The van der Waals surface area contributed by atoms with Crippen molar-refractivity contribution in [1.29, 1.82) is 0 Å². The van der Waals surface area contributed by atoms with E-state index in [1.54, 1.807) is 5.56 Å². The molecule has 0 saturated heterocycles. The lowest BCUT2D eigenvalue weighted by molar-refractivity contribution is 0.301. The van der Waals surface area contributed by atoms with Gasteiger partial charge < -0.3 is 5.73 Å². The molecule has 0 heterocycles. The van der Waals surface area contributed by atoms with Gasteiger partial charge in [-0.2, -0.15) is 0 Å². The van der Waals surface area contributed by atoms with Gasteiger partial charge in [-0.25, -0.2) is 0 Å².